The number of aromatic nitrogens is 1. The fraction of sp³-hybridized carbons (Fsp3) is 0.500. The molecule has 2 aromatic rings. The standard InChI is InChI=1S/C20H24ClN3O/c1-14-10-17(16-11-15(21)4-5-18(16)22-14)19(25)24-8-3-6-20(13-24)7-9-23(2)12-20/h4-5,10-11H,3,6-9,12-13H2,1-2H3/t20-/m0/s1. The number of fused-ring (bicyclic) bond motifs is 1. The van der Waals surface area contributed by atoms with E-state index < -0.39 is 0 Å². The number of carbonyl (C=O) groups is 1. The smallest absolute Gasteiger partial charge is 0.254 e. The van der Waals surface area contributed by atoms with E-state index in [1.54, 1.807) is 0 Å². The number of amides is 1. The van der Waals surface area contributed by atoms with Gasteiger partial charge in [0.05, 0.1) is 11.1 Å². The van der Waals surface area contributed by atoms with Crippen molar-refractivity contribution in [3.8, 4) is 0 Å². The lowest BCUT2D eigenvalue weighted by molar-refractivity contribution is 0.0536. The van der Waals surface area contributed by atoms with Gasteiger partial charge in [-0.15, -0.1) is 0 Å². The SMILES string of the molecule is Cc1cc(C(=O)N2CCC[C@@]3(CCN(C)C3)C2)c2cc(Cl)ccc2n1. The van der Waals surface area contributed by atoms with Crippen LogP contribution in [-0.4, -0.2) is 53.9 Å². The van der Waals surface area contributed by atoms with Crippen molar-refractivity contribution in [3.05, 3.63) is 40.5 Å². The average Bonchev–Trinajstić information content (AvgIpc) is 2.94. The van der Waals surface area contributed by atoms with Crippen LogP contribution in [0.15, 0.2) is 24.3 Å². The van der Waals surface area contributed by atoms with Crippen molar-refractivity contribution in [3.63, 3.8) is 0 Å². The molecule has 2 aliphatic heterocycles. The highest BCUT2D eigenvalue weighted by Crippen LogP contribution is 2.39. The van der Waals surface area contributed by atoms with E-state index in [0.29, 0.717) is 5.02 Å². The Balaban J connectivity index is 1.69. The second kappa shape index (κ2) is 6.26. The molecule has 132 valence electrons. The first-order valence-electron chi connectivity index (χ1n) is 9.01. The molecule has 0 bridgehead atoms. The van der Waals surface area contributed by atoms with Gasteiger partial charge in [0.25, 0.3) is 5.91 Å². The number of piperidine rings is 1. The van der Waals surface area contributed by atoms with E-state index in [9.17, 15) is 4.79 Å². The van der Waals surface area contributed by atoms with Crippen LogP contribution in [0.5, 0.6) is 0 Å². The van der Waals surface area contributed by atoms with Gasteiger partial charge in [0.1, 0.15) is 0 Å². The molecular weight excluding hydrogens is 334 g/mol. The summed E-state index contributed by atoms with van der Waals surface area (Å²) in [5.41, 5.74) is 2.71. The van der Waals surface area contributed by atoms with E-state index >= 15 is 0 Å². The maximum Gasteiger partial charge on any atom is 0.254 e. The van der Waals surface area contributed by atoms with E-state index in [1.165, 1.54) is 12.8 Å². The Morgan fingerprint density at radius 2 is 2.04 bits per heavy atom. The Labute approximate surface area is 153 Å². The summed E-state index contributed by atoms with van der Waals surface area (Å²) in [4.78, 5) is 22.3. The third kappa shape index (κ3) is 3.13. The number of halogens is 1. The number of benzene rings is 1. The van der Waals surface area contributed by atoms with Gasteiger partial charge in [-0.05, 0) is 64.0 Å². The molecule has 2 fully saturated rings. The molecule has 1 aromatic heterocycles. The molecule has 4 rings (SSSR count). The Morgan fingerprint density at radius 3 is 2.80 bits per heavy atom. The van der Waals surface area contributed by atoms with Crippen molar-refractivity contribution < 1.29 is 4.79 Å². The van der Waals surface area contributed by atoms with Crippen LogP contribution in [0.3, 0.4) is 0 Å². The molecule has 0 radical (unpaired) electrons. The minimum atomic E-state index is 0.117. The Kier molecular flexibility index (Phi) is 4.20. The average molecular weight is 358 g/mol. The third-order valence-corrected chi connectivity index (χ3v) is 5.94. The van der Waals surface area contributed by atoms with Gasteiger partial charge in [-0.3, -0.25) is 9.78 Å². The number of rotatable bonds is 1. The highest BCUT2D eigenvalue weighted by Gasteiger charge is 2.41. The molecule has 0 aliphatic carbocycles. The van der Waals surface area contributed by atoms with Gasteiger partial charge in [0.15, 0.2) is 0 Å². The lowest BCUT2D eigenvalue weighted by atomic mass is 9.79. The minimum Gasteiger partial charge on any atom is -0.338 e. The van der Waals surface area contributed by atoms with Crippen LogP contribution < -0.4 is 0 Å². The minimum absolute atomic E-state index is 0.117. The summed E-state index contributed by atoms with van der Waals surface area (Å²) in [6.45, 7) is 5.87. The van der Waals surface area contributed by atoms with E-state index in [2.05, 4.69) is 21.8 Å². The predicted octanol–water partition coefficient (Wildman–Crippen LogP) is 3.75. The van der Waals surface area contributed by atoms with E-state index in [1.807, 2.05) is 31.2 Å². The molecule has 1 amide bonds. The van der Waals surface area contributed by atoms with E-state index in [0.717, 1.165) is 54.8 Å². The van der Waals surface area contributed by atoms with Crippen molar-refractivity contribution in [1.82, 2.24) is 14.8 Å². The Hall–Kier alpha value is -1.65. The van der Waals surface area contributed by atoms with Crippen LogP contribution in [0.25, 0.3) is 10.9 Å². The largest absolute Gasteiger partial charge is 0.338 e. The van der Waals surface area contributed by atoms with Crippen LogP contribution in [0, 0.1) is 12.3 Å². The highest BCUT2D eigenvalue weighted by atomic mass is 35.5. The molecule has 1 atom stereocenters. The van der Waals surface area contributed by atoms with Crippen LogP contribution >= 0.6 is 11.6 Å². The predicted molar refractivity (Wildman–Crippen MR) is 101 cm³/mol. The second-order valence-electron chi connectivity index (χ2n) is 7.79. The normalized spacial score (nSPS) is 24.4. The zero-order chi connectivity index (χ0) is 17.6. The molecule has 0 N–H and O–H groups in total. The van der Waals surface area contributed by atoms with Crippen molar-refractivity contribution in [2.75, 3.05) is 33.2 Å². The number of hydrogen-bond donors (Lipinski definition) is 0. The van der Waals surface area contributed by atoms with Gasteiger partial charge in [0.2, 0.25) is 0 Å². The second-order valence-corrected chi connectivity index (χ2v) is 8.23. The molecule has 0 unspecified atom stereocenters. The molecular formula is C20H24ClN3O. The molecule has 2 saturated heterocycles. The topological polar surface area (TPSA) is 36.4 Å². The summed E-state index contributed by atoms with van der Waals surface area (Å²) in [5, 5.41) is 1.49. The van der Waals surface area contributed by atoms with Gasteiger partial charge < -0.3 is 9.80 Å². The molecule has 25 heavy (non-hydrogen) atoms. The fourth-order valence-electron chi connectivity index (χ4n) is 4.55. The monoisotopic (exact) mass is 357 g/mol. The maximum absolute atomic E-state index is 13.3. The van der Waals surface area contributed by atoms with Crippen LogP contribution in [-0.2, 0) is 0 Å². The Morgan fingerprint density at radius 1 is 1.20 bits per heavy atom. The summed E-state index contributed by atoms with van der Waals surface area (Å²) < 4.78 is 0. The number of nitrogens with zero attached hydrogens (tertiary/aromatic N) is 3. The van der Waals surface area contributed by atoms with E-state index in [-0.39, 0.29) is 11.3 Å². The van der Waals surface area contributed by atoms with Crippen molar-refractivity contribution in [1.29, 1.82) is 0 Å². The summed E-state index contributed by atoms with van der Waals surface area (Å²) >= 11 is 6.18. The first kappa shape index (κ1) is 16.8. The molecule has 0 saturated carbocycles. The van der Waals surface area contributed by atoms with Crippen molar-refractivity contribution in [2.24, 2.45) is 5.41 Å². The van der Waals surface area contributed by atoms with E-state index in [4.69, 9.17) is 11.6 Å². The molecule has 1 spiro atoms. The lowest BCUT2D eigenvalue weighted by Gasteiger charge is -2.40. The Bertz CT molecular complexity index is 833. The zero-order valence-electron chi connectivity index (χ0n) is 14.9. The van der Waals surface area contributed by atoms with Gasteiger partial charge >= 0.3 is 0 Å². The fourth-order valence-corrected chi connectivity index (χ4v) is 4.72. The quantitative estimate of drug-likeness (QED) is 0.779. The summed E-state index contributed by atoms with van der Waals surface area (Å²) in [6.07, 6.45) is 3.50. The molecule has 5 heteroatoms. The van der Waals surface area contributed by atoms with Crippen LogP contribution in [0.2, 0.25) is 5.02 Å². The summed E-state index contributed by atoms with van der Waals surface area (Å²) in [7, 11) is 2.18. The summed E-state index contributed by atoms with van der Waals surface area (Å²) in [6, 6.07) is 7.49. The van der Waals surface area contributed by atoms with Gasteiger partial charge in [-0.25, -0.2) is 0 Å². The molecule has 2 aliphatic rings. The molecule has 3 heterocycles. The number of pyridine rings is 1. The van der Waals surface area contributed by atoms with Crippen molar-refractivity contribution >= 4 is 28.4 Å². The van der Waals surface area contributed by atoms with Gasteiger partial charge in [-0.1, -0.05) is 11.6 Å². The van der Waals surface area contributed by atoms with Gasteiger partial charge in [-0.2, -0.15) is 0 Å². The van der Waals surface area contributed by atoms with Crippen LogP contribution in [0.4, 0.5) is 0 Å². The zero-order valence-corrected chi connectivity index (χ0v) is 15.6. The number of aryl methyl sites for hydroxylation is 1. The van der Waals surface area contributed by atoms with Crippen molar-refractivity contribution in [2.45, 2.75) is 26.2 Å². The number of carbonyl (C=O) groups excluding carboxylic acids is 1. The molecule has 1 aromatic carbocycles. The number of hydrogen-bond acceptors (Lipinski definition) is 3. The highest BCUT2D eigenvalue weighted by molar-refractivity contribution is 6.31. The van der Waals surface area contributed by atoms with Gasteiger partial charge in [0, 0.05) is 41.2 Å². The number of likely N-dealkylation sites (tertiary alicyclic amines) is 2. The first-order valence-corrected chi connectivity index (χ1v) is 9.38. The third-order valence-electron chi connectivity index (χ3n) is 5.71. The summed E-state index contributed by atoms with van der Waals surface area (Å²) in [5.74, 6) is 0.117. The maximum atomic E-state index is 13.3. The lowest BCUT2D eigenvalue weighted by Crippen LogP contribution is -2.47. The molecule has 4 nitrogen and oxygen atoms in total. The first-order chi connectivity index (χ1) is 12.0. The van der Waals surface area contributed by atoms with Crippen LogP contribution in [0.1, 0.15) is 35.3 Å².